The van der Waals surface area contributed by atoms with E-state index in [1.165, 1.54) is 25.7 Å². The largest absolute Gasteiger partial charge is 0.312 e. The molecule has 0 aliphatic heterocycles. The molecular formula is C15H33N. The van der Waals surface area contributed by atoms with E-state index in [-0.39, 0.29) is 5.54 Å². The van der Waals surface area contributed by atoms with Crippen LogP contribution >= 0.6 is 0 Å². The van der Waals surface area contributed by atoms with Crippen molar-refractivity contribution in [1.82, 2.24) is 5.32 Å². The van der Waals surface area contributed by atoms with E-state index in [9.17, 15) is 0 Å². The molecule has 0 aromatic carbocycles. The van der Waals surface area contributed by atoms with E-state index in [1.807, 2.05) is 0 Å². The van der Waals surface area contributed by atoms with Gasteiger partial charge >= 0.3 is 0 Å². The van der Waals surface area contributed by atoms with Crippen LogP contribution in [0.3, 0.4) is 0 Å². The van der Waals surface area contributed by atoms with Crippen LogP contribution in [-0.2, 0) is 0 Å². The lowest BCUT2D eigenvalue weighted by Gasteiger charge is -2.35. The monoisotopic (exact) mass is 227 g/mol. The lowest BCUT2D eigenvalue weighted by Crippen LogP contribution is -2.43. The average Bonchev–Trinajstić information content (AvgIpc) is 2.14. The van der Waals surface area contributed by atoms with E-state index in [2.05, 4.69) is 53.8 Å². The van der Waals surface area contributed by atoms with Crippen molar-refractivity contribution in [3.05, 3.63) is 0 Å². The lowest BCUT2D eigenvalue weighted by molar-refractivity contribution is 0.202. The highest BCUT2D eigenvalue weighted by Crippen LogP contribution is 2.31. The summed E-state index contributed by atoms with van der Waals surface area (Å²) in [5, 5.41) is 3.66. The highest BCUT2D eigenvalue weighted by Gasteiger charge is 2.26. The van der Waals surface area contributed by atoms with Crippen LogP contribution in [0.25, 0.3) is 0 Å². The Labute approximate surface area is 103 Å². The third-order valence-electron chi connectivity index (χ3n) is 3.52. The molecule has 2 atom stereocenters. The second-order valence-corrected chi connectivity index (χ2v) is 6.87. The Morgan fingerprint density at radius 1 is 1.06 bits per heavy atom. The fourth-order valence-corrected chi connectivity index (χ4v) is 2.26. The van der Waals surface area contributed by atoms with Crippen LogP contribution in [0.1, 0.15) is 74.1 Å². The van der Waals surface area contributed by atoms with Gasteiger partial charge in [-0.05, 0) is 44.9 Å². The maximum absolute atomic E-state index is 3.66. The van der Waals surface area contributed by atoms with Crippen LogP contribution in [0.5, 0.6) is 0 Å². The molecule has 0 saturated carbocycles. The van der Waals surface area contributed by atoms with Crippen molar-refractivity contribution >= 4 is 0 Å². The molecule has 1 N–H and O–H groups in total. The summed E-state index contributed by atoms with van der Waals surface area (Å²) in [6, 6.07) is 0. The van der Waals surface area contributed by atoms with Gasteiger partial charge in [0.15, 0.2) is 0 Å². The minimum atomic E-state index is 0.241. The molecule has 98 valence electrons. The van der Waals surface area contributed by atoms with Gasteiger partial charge in [-0.2, -0.15) is 0 Å². The molecule has 1 heteroatoms. The Morgan fingerprint density at radius 3 is 2.00 bits per heavy atom. The summed E-state index contributed by atoms with van der Waals surface area (Å²) >= 11 is 0. The second kappa shape index (κ2) is 6.64. The summed E-state index contributed by atoms with van der Waals surface area (Å²) in [6.45, 7) is 17.3. The maximum atomic E-state index is 3.66. The van der Waals surface area contributed by atoms with Crippen molar-refractivity contribution in [1.29, 1.82) is 0 Å². The van der Waals surface area contributed by atoms with Crippen molar-refractivity contribution < 1.29 is 0 Å². The number of hydrogen-bond donors (Lipinski definition) is 1. The van der Waals surface area contributed by atoms with Crippen molar-refractivity contribution in [3.63, 3.8) is 0 Å². The number of hydrogen-bond acceptors (Lipinski definition) is 1. The molecule has 0 amide bonds. The zero-order chi connectivity index (χ0) is 12.8. The first kappa shape index (κ1) is 16.0. The Kier molecular flexibility index (Phi) is 6.62. The molecule has 0 aromatic rings. The first-order valence-corrected chi connectivity index (χ1v) is 6.97. The zero-order valence-corrected chi connectivity index (χ0v) is 12.6. The molecule has 0 rings (SSSR count). The molecule has 0 aliphatic rings. The Morgan fingerprint density at radius 2 is 1.62 bits per heavy atom. The summed E-state index contributed by atoms with van der Waals surface area (Å²) in [5.41, 5.74) is 0.701. The molecular weight excluding hydrogens is 194 g/mol. The van der Waals surface area contributed by atoms with Gasteiger partial charge in [0.2, 0.25) is 0 Å². The molecule has 2 unspecified atom stereocenters. The molecule has 0 radical (unpaired) electrons. The molecule has 0 heterocycles. The van der Waals surface area contributed by atoms with E-state index in [0.29, 0.717) is 5.41 Å². The quantitative estimate of drug-likeness (QED) is 0.669. The van der Waals surface area contributed by atoms with Crippen LogP contribution in [0.15, 0.2) is 0 Å². The highest BCUT2D eigenvalue weighted by molar-refractivity contribution is 4.81. The van der Waals surface area contributed by atoms with Gasteiger partial charge in [-0.3, -0.25) is 0 Å². The van der Waals surface area contributed by atoms with Crippen molar-refractivity contribution in [3.8, 4) is 0 Å². The molecule has 0 bridgehead atoms. The molecule has 0 saturated heterocycles. The van der Waals surface area contributed by atoms with Crippen molar-refractivity contribution in [2.75, 3.05) is 6.54 Å². The minimum absolute atomic E-state index is 0.241. The van der Waals surface area contributed by atoms with Crippen LogP contribution in [-0.4, -0.2) is 12.1 Å². The van der Waals surface area contributed by atoms with E-state index in [1.54, 1.807) is 0 Å². The van der Waals surface area contributed by atoms with Crippen LogP contribution < -0.4 is 5.32 Å². The SMILES string of the molecule is CCCC(C)CC(C)(CC)CNC(C)(C)C. The minimum Gasteiger partial charge on any atom is -0.312 e. The van der Waals surface area contributed by atoms with E-state index < -0.39 is 0 Å². The maximum Gasteiger partial charge on any atom is 0.00967 e. The van der Waals surface area contributed by atoms with Gasteiger partial charge in [0.05, 0.1) is 0 Å². The van der Waals surface area contributed by atoms with Crippen molar-refractivity contribution in [2.45, 2.75) is 79.7 Å². The average molecular weight is 227 g/mol. The topological polar surface area (TPSA) is 12.0 Å². The Hall–Kier alpha value is -0.0400. The van der Waals surface area contributed by atoms with Crippen molar-refractivity contribution in [2.24, 2.45) is 11.3 Å². The normalized spacial score (nSPS) is 18.2. The summed E-state index contributed by atoms with van der Waals surface area (Å²) in [6.07, 6.45) is 5.29. The van der Waals surface area contributed by atoms with Gasteiger partial charge < -0.3 is 5.32 Å². The standard InChI is InChI=1S/C15H33N/c1-8-10-13(3)11-15(7,9-2)12-16-14(4,5)6/h13,16H,8-12H2,1-7H3. The first-order valence-electron chi connectivity index (χ1n) is 6.97. The summed E-state index contributed by atoms with van der Waals surface area (Å²) in [4.78, 5) is 0. The third-order valence-corrected chi connectivity index (χ3v) is 3.52. The second-order valence-electron chi connectivity index (χ2n) is 6.87. The highest BCUT2D eigenvalue weighted by atomic mass is 15.0. The molecule has 0 fully saturated rings. The molecule has 0 aliphatic carbocycles. The summed E-state index contributed by atoms with van der Waals surface area (Å²) in [5.74, 6) is 0.858. The number of rotatable bonds is 7. The Balaban J connectivity index is 4.20. The predicted octanol–water partition coefficient (Wildman–Crippen LogP) is 4.62. The number of nitrogens with one attached hydrogen (secondary N) is 1. The van der Waals surface area contributed by atoms with E-state index in [4.69, 9.17) is 0 Å². The summed E-state index contributed by atoms with van der Waals surface area (Å²) in [7, 11) is 0. The van der Waals surface area contributed by atoms with Gasteiger partial charge in [-0.15, -0.1) is 0 Å². The van der Waals surface area contributed by atoms with Crippen LogP contribution in [0.2, 0.25) is 0 Å². The third kappa shape index (κ3) is 7.27. The first-order chi connectivity index (χ1) is 7.22. The van der Waals surface area contributed by atoms with Gasteiger partial charge in [-0.1, -0.05) is 40.5 Å². The summed E-state index contributed by atoms with van der Waals surface area (Å²) < 4.78 is 0. The predicted molar refractivity (Wildman–Crippen MR) is 74.8 cm³/mol. The Bertz CT molecular complexity index is 180. The molecule has 0 spiro atoms. The zero-order valence-electron chi connectivity index (χ0n) is 12.6. The van der Waals surface area contributed by atoms with Gasteiger partial charge in [0.1, 0.15) is 0 Å². The fraction of sp³-hybridized carbons (Fsp3) is 1.00. The molecule has 1 nitrogen and oxygen atoms in total. The fourth-order valence-electron chi connectivity index (χ4n) is 2.26. The van der Waals surface area contributed by atoms with Crippen LogP contribution in [0, 0.1) is 11.3 Å². The van der Waals surface area contributed by atoms with Gasteiger partial charge in [0, 0.05) is 12.1 Å². The molecule has 16 heavy (non-hydrogen) atoms. The van der Waals surface area contributed by atoms with E-state index in [0.717, 1.165) is 12.5 Å². The van der Waals surface area contributed by atoms with Crippen LogP contribution in [0.4, 0.5) is 0 Å². The van der Waals surface area contributed by atoms with E-state index >= 15 is 0 Å². The lowest BCUT2D eigenvalue weighted by atomic mass is 9.77. The van der Waals surface area contributed by atoms with Gasteiger partial charge in [0.25, 0.3) is 0 Å². The smallest absolute Gasteiger partial charge is 0.00967 e. The molecule has 0 aromatic heterocycles. The van der Waals surface area contributed by atoms with Gasteiger partial charge in [-0.25, -0.2) is 0 Å².